The number of anilines is 2. The summed E-state index contributed by atoms with van der Waals surface area (Å²) in [5.41, 5.74) is 2.99. The zero-order chi connectivity index (χ0) is 20.8. The molecule has 6 heteroatoms. The number of para-hydroxylation sites is 1. The molecule has 2 aromatic rings. The summed E-state index contributed by atoms with van der Waals surface area (Å²) in [7, 11) is 0. The standard InChI is InChI=1S/C23H26N2O4/c1-3-13-29-23(28)17-9-11-19(12-10-17)24-22(27)18-14-21(26)25(15-18)20-8-6-5-7-16(20)4-2/h5-12,18H,3-4,13-15H2,1-2H3,(H,24,27)/t18-/m1/s1. The van der Waals surface area contributed by atoms with E-state index in [1.807, 2.05) is 38.1 Å². The Morgan fingerprint density at radius 1 is 1.10 bits per heavy atom. The monoisotopic (exact) mass is 394 g/mol. The molecule has 29 heavy (non-hydrogen) atoms. The Labute approximate surface area is 170 Å². The van der Waals surface area contributed by atoms with Gasteiger partial charge in [0.25, 0.3) is 0 Å². The van der Waals surface area contributed by atoms with Crippen LogP contribution in [-0.2, 0) is 20.7 Å². The average molecular weight is 394 g/mol. The second-order valence-electron chi connectivity index (χ2n) is 7.09. The molecule has 1 aliphatic heterocycles. The van der Waals surface area contributed by atoms with Gasteiger partial charge < -0.3 is 15.0 Å². The lowest BCUT2D eigenvalue weighted by molar-refractivity contribution is -0.122. The molecule has 1 saturated heterocycles. The minimum absolute atomic E-state index is 0.0416. The molecule has 152 valence electrons. The molecule has 6 nitrogen and oxygen atoms in total. The van der Waals surface area contributed by atoms with E-state index in [1.165, 1.54) is 0 Å². The van der Waals surface area contributed by atoms with E-state index in [1.54, 1.807) is 29.2 Å². The topological polar surface area (TPSA) is 75.7 Å². The van der Waals surface area contributed by atoms with E-state index >= 15 is 0 Å². The van der Waals surface area contributed by atoms with Crippen LogP contribution in [0.2, 0.25) is 0 Å². The highest BCUT2D eigenvalue weighted by Gasteiger charge is 2.35. The van der Waals surface area contributed by atoms with E-state index in [-0.39, 0.29) is 24.2 Å². The van der Waals surface area contributed by atoms with Gasteiger partial charge >= 0.3 is 5.97 Å². The van der Waals surface area contributed by atoms with Gasteiger partial charge in [-0.3, -0.25) is 9.59 Å². The Morgan fingerprint density at radius 3 is 2.52 bits per heavy atom. The lowest BCUT2D eigenvalue weighted by Crippen LogP contribution is -2.28. The van der Waals surface area contributed by atoms with Gasteiger partial charge in [0.05, 0.1) is 18.1 Å². The number of ether oxygens (including phenoxy) is 1. The summed E-state index contributed by atoms with van der Waals surface area (Å²) in [5.74, 6) is -1.03. The predicted octanol–water partition coefficient (Wildman–Crippen LogP) is 3.81. The number of rotatable bonds is 7. The van der Waals surface area contributed by atoms with Crippen molar-refractivity contribution in [2.24, 2.45) is 5.92 Å². The van der Waals surface area contributed by atoms with Crippen molar-refractivity contribution in [1.82, 2.24) is 0 Å². The number of carbonyl (C=O) groups is 3. The van der Waals surface area contributed by atoms with E-state index in [9.17, 15) is 14.4 Å². The van der Waals surface area contributed by atoms with Gasteiger partial charge in [0, 0.05) is 24.3 Å². The van der Waals surface area contributed by atoms with Crippen molar-refractivity contribution < 1.29 is 19.1 Å². The fourth-order valence-electron chi connectivity index (χ4n) is 3.40. The van der Waals surface area contributed by atoms with Crippen LogP contribution in [0.5, 0.6) is 0 Å². The van der Waals surface area contributed by atoms with Crippen molar-refractivity contribution in [1.29, 1.82) is 0 Å². The Kier molecular flexibility index (Phi) is 6.65. The molecule has 0 unspecified atom stereocenters. The number of nitrogens with zero attached hydrogens (tertiary/aromatic N) is 1. The highest BCUT2D eigenvalue weighted by Crippen LogP contribution is 2.29. The van der Waals surface area contributed by atoms with Crippen LogP contribution in [-0.4, -0.2) is 30.9 Å². The number of hydrogen-bond donors (Lipinski definition) is 1. The molecule has 3 rings (SSSR count). The molecule has 1 N–H and O–H groups in total. The number of amides is 2. The molecule has 0 aromatic heterocycles. The molecule has 0 spiro atoms. The van der Waals surface area contributed by atoms with Gasteiger partial charge in [-0.1, -0.05) is 32.0 Å². The summed E-state index contributed by atoms with van der Waals surface area (Å²) in [5, 5.41) is 2.84. The number of esters is 1. The van der Waals surface area contributed by atoms with E-state index in [0.717, 1.165) is 24.1 Å². The number of carbonyl (C=O) groups excluding carboxylic acids is 3. The third kappa shape index (κ3) is 4.83. The van der Waals surface area contributed by atoms with Gasteiger partial charge in [0.15, 0.2) is 0 Å². The SMILES string of the molecule is CCCOC(=O)c1ccc(NC(=O)[C@@H]2CC(=O)N(c3ccccc3CC)C2)cc1. The van der Waals surface area contributed by atoms with Crippen LogP contribution in [0, 0.1) is 5.92 Å². The number of nitrogens with one attached hydrogen (secondary N) is 1. The van der Waals surface area contributed by atoms with Crippen molar-refractivity contribution in [3.05, 3.63) is 59.7 Å². The predicted molar refractivity (Wildman–Crippen MR) is 112 cm³/mol. The zero-order valence-corrected chi connectivity index (χ0v) is 16.8. The van der Waals surface area contributed by atoms with Crippen molar-refractivity contribution in [2.75, 3.05) is 23.4 Å². The number of benzene rings is 2. The molecule has 1 atom stereocenters. The number of aryl methyl sites for hydroxylation is 1. The van der Waals surface area contributed by atoms with Crippen LogP contribution in [0.4, 0.5) is 11.4 Å². The van der Waals surface area contributed by atoms with Crippen LogP contribution in [0.1, 0.15) is 42.6 Å². The molecule has 0 aliphatic carbocycles. The maximum Gasteiger partial charge on any atom is 0.338 e. The minimum atomic E-state index is -0.415. The Hall–Kier alpha value is -3.15. The third-order valence-corrected chi connectivity index (χ3v) is 4.98. The first-order valence-electron chi connectivity index (χ1n) is 9.99. The van der Waals surface area contributed by atoms with Crippen molar-refractivity contribution in [3.63, 3.8) is 0 Å². The van der Waals surface area contributed by atoms with Crippen LogP contribution < -0.4 is 10.2 Å². The van der Waals surface area contributed by atoms with E-state index in [0.29, 0.717) is 24.4 Å². The maximum absolute atomic E-state index is 12.7. The van der Waals surface area contributed by atoms with Gasteiger partial charge in [-0.15, -0.1) is 0 Å². The molecule has 1 fully saturated rings. The lowest BCUT2D eigenvalue weighted by Gasteiger charge is -2.20. The summed E-state index contributed by atoms with van der Waals surface area (Å²) in [4.78, 5) is 38.7. The molecular weight excluding hydrogens is 368 g/mol. The summed E-state index contributed by atoms with van der Waals surface area (Å²) < 4.78 is 5.09. The van der Waals surface area contributed by atoms with Crippen LogP contribution in [0.25, 0.3) is 0 Å². The quantitative estimate of drug-likeness (QED) is 0.725. The largest absolute Gasteiger partial charge is 0.462 e. The molecule has 1 heterocycles. The van der Waals surface area contributed by atoms with Crippen molar-refractivity contribution >= 4 is 29.2 Å². The van der Waals surface area contributed by atoms with Crippen LogP contribution in [0.3, 0.4) is 0 Å². The van der Waals surface area contributed by atoms with Gasteiger partial charge in [0.2, 0.25) is 11.8 Å². The van der Waals surface area contributed by atoms with Gasteiger partial charge in [-0.2, -0.15) is 0 Å². The molecule has 0 saturated carbocycles. The summed E-state index contributed by atoms with van der Waals surface area (Å²) in [6.45, 7) is 4.72. The van der Waals surface area contributed by atoms with E-state index in [2.05, 4.69) is 5.32 Å². The van der Waals surface area contributed by atoms with E-state index in [4.69, 9.17) is 4.74 Å². The van der Waals surface area contributed by atoms with Crippen molar-refractivity contribution in [3.8, 4) is 0 Å². The minimum Gasteiger partial charge on any atom is -0.462 e. The maximum atomic E-state index is 12.7. The van der Waals surface area contributed by atoms with Gasteiger partial charge in [-0.25, -0.2) is 4.79 Å². The normalized spacial score (nSPS) is 16.0. The smallest absolute Gasteiger partial charge is 0.338 e. The first-order chi connectivity index (χ1) is 14.0. The molecule has 2 amide bonds. The molecule has 1 aliphatic rings. The lowest BCUT2D eigenvalue weighted by atomic mass is 10.1. The first kappa shape index (κ1) is 20.6. The molecular formula is C23H26N2O4. The number of hydrogen-bond acceptors (Lipinski definition) is 4. The molecule has 0 bridgehead atoms. The molecule has 2 aromatic carbocycles. The second-order valence-corrected chi connectivity index (χ2v) is 7.09. The summed E-state index contributed by atoms with van der Waals surface area (Å²) >= 11 is 0. The fourth-order valence-corrected chi connectivity index (χ4v) is 3.40. The summed E-state index contributed by atoms with van der Waals surface area (Å²) in [6.07, 6.45) is 1.77. The highest BCUT2D eigenvalue weighted by atomic mass is 16.5. The van der Waals surface area contributed by atoms with Gasteiger partial charge in [-0.05, 0) is 48.7 Å². The van der Waals surface area contributed by atoms with Crippen molar-refractivity contribution in [2.45, 2.75) is 33.1 Å². The fraction of sp³-hybridized carbons (Fsp3) is 0.348. The summed E-state index contributed by atoms with van der Waals surface area (Å²) in [6, 6.07) is 14.4. The highest BCUT2D eigenvalue weighted by molar-refractivity contribution is 6.04. The Balaban J connectivity index is 1.63. The third-order valence-electron chi connectivity index (χ3n) is 4.98. The van der Waals surface area contributed by atoms with Gasteiger partial charge in [0.1, 0.15) is 0 Å². The first-order valence-corrected chi connectivity index (χ1v) is 9.99. The Morgan fingerprint density at radius 2 is 1.83 bits per heavy atom. The van der Waals surface area contributed by atoms with Crippen LogP contribution >= 0.6 is 0 Å². The second kappa shape index (κ2) is 9.37. The van der Waals surface area contributed by atoms with E-state index < -0.39 is 5.92 Å². The zero-order valence-electron chi connectivity index (χ0n) is 16.8. The molecule has 0 radical (unpaired) electrons. The average Bonchev–Trinajstić information content (AvgIpc) is 3.14. The Bertz CT molecular complexity index is 892. The van der Waals surface area contributed by atoms with Crippen LogP contribution in [0.15, 0.2) is 48.5 Å².